The number of carboxylic acids is 2. The van der Waals surface area contributed by atoms with Gasteiger partial charge in [-0.25, -0.2) is 9.59 Å². The van der Waals surface area contributed by atoms with Crippen LogP contribution in [0.25, 0.3) is 0 Å². The quantitative estimate of drug-likeness (QED) is 0.702. The molecule has 0 bridgehead atoms. The smallest absolute Gasteiger partial charge is 0.328 e. The topological polar surface area (TPSA) is 103 Å². The van der Waals surface area contributed by atoms with Gasteiger partial charge in [0.15, 0.2) is 0 Å². The van der Waals surface area contributed by atoms with Gasteiger partial charge < -0.3 is 20.4 Å². The molecule has 0 unspecified atom stereocenters. The molecule has 0 aliphatic carbocycles. The number of rotatable bonds is 3. The van der Waals surface area contributed by atoms with Crippen LogP contribution in [0.3, 0.4) is 0 Å². The van der Waals surface area contributed by atoms with Crippen molar-refractivity contribution in [1.82, 2.24) is 10.3 Å². The lowest BCUT2D eigenvalue weighted by Crippen LogP contribution is -2.34. The average molecular weight is 305 g/mol. The van der Waals surface area contributed by atoms with Gasteiger partial charge in [-0.15, -0.1) is 0 Å². The van der Waals surface area contributed by atoms with Gasteiger partial charge in [0.05, 0.1) is 11.9 Å². The maximum Gasteiger partial charge on any atom is 0.328 e. The third-order valence-electron chi connectivity index (χ3n) is 3.79. The second-order valence-corrected chi connectivity index (χ2v) is 5.19. The van der Waals surface area contributed by atoms with E-state index in [-0.39, 0.29) is 0 Å². The van der Waals surface area contributed by atoms with E-state index < -0.39 is 11.9 Å². The summed E-state index contributed by atoms with van der Waals surface area (Å²) in [6.45, 7) is 3.53. The molecule has 1 aromatic heterocycles. The molecule has 2 atom stereocenters. The Labute approximate surface area is 128 Å². The molecule has 0 amide bonds. The lowest BCUT2D eigenvalue weighted by Gasteiger charge is -2.25. The Morgan fingerprint density at radius 1 is 1.27 bits per heavy atom. The number of aromatic nitrogens is 1. The minimum Gasteiger partial charge on any atom is -0.478 e. The third-order valence-corrected chi connectivity index (χ3v) is 3.79. The highest BCUT2D eigenvalue weighted by Crippen LogP contribution is 2.31. The Morgan fingerprint density at radius 2 is 2.00 bits per heavy atom. The van der Waals surface area contributed by atoms with E-state index >= 15 is 0 Å². The minimum absolute atomic E-state index is 0.558. The fourth-order valence-electron chi connectivity index (χ4n) is 2.84. The molecule has 2 aliphatic rings. The molecule has 2 saturated heterocycles. The number of nitrogens with zero attached hydrogens (tertiary/aromatic N) is 2. The van der Waals surface area contributed by atoms with Crippen molar-refractivity contribution in [2.75, 3.05) is 24.5 Å². The first-order chi connectivity index (χ1) is 10.6. The first kappa shape index (κ1) is 16.0. The number of pyridine rings is 1. The highest BCUT2D eigenvalue weighted by molar-refractivity contribution is 5.89. The van der Waals surface area contributed by atoms with Gasteiger partial charge in [0, 0.05) is 44.0 Å². The van der Waals surface area contributed by atoms with Crippen molar-refractivity contribution < 1.29 is 19.8 Å². The number of hydrogen-bond acceptors (Lipinski definition) is 5. The first-order valence-electron chi connectivity index (χ1n) is 7.09. The molecule has 2 aliphatic heterocycles. The number of nitrogens with one attached hydrogen (secondary N) is 1. The molecule has 0 spiro atoms. The average Bonchev–Trinajstić information content (AvgIpc) is 3.09. The minimum atomic E-state index is -1.26. The van der Waals surface area contributed by atoms with Gasteiger partial charge in [-0.1, -0.05) is 0 Å². The van der Waals surface area contributed by atoms with Gasteiger partial charge in [0.1, 0.15) is 0 Å². The normalized spacial score (nSPS) is 23.0. The summed E-state index contributed by atoms with van der Waals surface area (Å²) in [5, 5.41) is 19.1. The number of hydrogen-bond donors (Lipinski definition) is 3. The second kappa shape index (κ2) is 7.56. The van der Waals surface area contributed by atoms with Crippen LogP contribution >= 0.6 is 0 Å². The van der Waals surface area contributed by atoms with Crippen molar-refractivity contribution >= 4 is 17.6 Å². The maximum atomic E-state index is 9.55. The highest BCUT2D eigenvalue weighted by atomic mass is 16.4. The zero-order valence-electron chi connectivity index (χ0n) is 12.1. The van der Waals surface area contributed by atoms with Gasteiger partial charge in [0.2, 0.25) is 0 Å². The van der Waals surface area contributed by atoms with E-state index in [1.807, 2.05) is 18.5 Å². The predicted molar refractivity (Wildman–Crippen MR) is 80.8 cm³/mol. The zero-order chi connectivity index (χ0) is 15.9. The van der Waals surface area contributed by atoms with Gasteiger partial charge in [-0.2, -0.15) is 0 Å². The van der Waals surface area contributed by atoms with Crippen LogP contribution in [-0.4, -0.2) is 52.8 Å². The molecular weight excluding hydrogens is 286 g/mol. The molecule has 1 aromatic rings. The molecule has 7 heteroatoms. The summed E-state index contributed by atoms with van der Waals surface area (Å²) in [5.41, 5.74) is 1.28. The van der Waals surface area contributed by atoms with Crippen molar-refractivity contribution in [3.63, 3.8) is 0 Å². The number of aliphatic carboxylic acids is 2. The van der Waals surface area contributed by atoms with Gasteiger partial charge in [0.25, 0.3) is 0 Å². The Hall–Kier alpha value is -2.41. The van der Waals surface area contributed by atoms with Crippen molar-refractivity contribution in [3.8, 4) is 0 Å². The molecule has 3 heterocycles. The summed E-state index contributed by atoms with van der Waals surface area (Å²) in [7, 11) is 0. The van der Waals surface area contributed by atoms with E-state index in [4.69, 9.17) is 10.2 Å². The Kier molecular flexibility index (Phi) is 5.48. The molecule has 2 fully saturated rings. The number of fused-ring (bicyclic) bond motifs is 1. The predicted octanol–water partition coefficient (Wildman–Crippen LogP) is 0.592. The highest BCUT2D eigenvalue weighted by Gasteiger charge is 2.37. The third kappa shape index (κ3) is 4.29. The molecule has 0 radical (unpaired) electrons. The largest absolute Gasteiger partial charge is 0.478 e. The van der Waals surface area contributed by atoms with Crippen molar-refractivity contribution in [2.24, 2.45) is 5.92 Å². The van der Waals surface area contributed by atoms with Crippen LogP contribution in [0.15, 0.2) is 36.7 Å². The van der Waals surface area contributed by atoms with Crippen LogP contribution in [0.1, 0.15) is 6.42 Å². The molecule has 118 valence electrons. The van der Waals surface area contributed by atoms with Crippen molar-refractivity contribution in [2.45, 2.75) is 12.5 Å². The van der Waals surface area contributed by atoms with E-state index in [1.54, 1.807) is 0 Å². The molecule has 0 aromatic carbocycles. The Bertz CT molecular complexity index is 531. The second-order valence-electron chi connectivity index (χ2n) is 5.19. The Balaban J connectivity index is 0.000000192. The molecule has 22 heavy (non-hydrogen) atoms. The number of anilines is 1. The van der Waals surface area contributed by atoms with Gasteiger partial charge in [-0.05, 0) is 24.5 Å². The van der Waals surface area contributed by atoms with Crippen LogP contribution in [0.5, 0.6) is 0 Å². The lowest BCUT2D eigenvalue weighted by molar-refractivity contribution is -0.134. The summed E-state index contributed by atoms with van der Waals surface area (Å²) < 4.78 is 0. The standard InChI is InChI=1S/C11H15N3.C4H4O4/c1-2-10(7-12-4-1)14-5-3-9-6-13-8-11(9)14;5-3(6)1-2-4(7)8/h1-2,4,7,9,11,13H,3,5-6,8H2;1-2H,(H,5,6)(H,7,8)/b;2-1+/t9-,11+;/m1./s1. The van der Waals surface area contributed by atoms with E-state index in [9.17, 15) is 9.59 Å². The van der Waals surface area contributed by atoms with Crippen LogP contribution in [0, 0.1) is 5.92 Å². The molecular formula is C15H19N3O4. The molecule has 3 N–H and O–H groups in total. The summed E-state index contributed by atoms with van der Waals surface area (Å²) in [5.74, 6) is -1.66. The van der Waals surface area contributed by atoms with Crippen molar-refractivity contribution in [3.05, 3.63) is 36.7 Å². The summed E-state index contributed by atoms with van der Waals surface area (Å²) in [6.07, 6.45) is 6.25. The van der Waals surface area contributed by atoms with Crippen LogP contribution < -0.4 is 10.2 Å². The van der Waals surface area contributed by atoms with E-state index in [1.165, 1.54) is 25.2 Å². The van der Waals surface area contributed by atoms with Crippen LogP contribution in [-0.2, 0) is 9.59 Å². The number of carboxylic acid groups (broad SMARTS) is 2. The van der Waals surface area contributed by atoms with E-state index in [0.717, 1.165) is 12.5 Å². The molecule has 0 saturated carbocycles. The summed E-state index contributed by atoms with van der Waals surface area (Å²) in [6, 6.07) is 4.89. The number of carbonyl (C=O) groups is 2. The van der Waals surface area contributed by atoms with Crippen LogP contribution in [0.2, 0.25) is 0 Å². The van der Waals surface area contributed by atoms with Crippen molar-refractivity contribution in [1.29, 1.82) is 0 Å². The van der Waals surface area contributed by atoms with E-state index in [0.29, 0.717) is 18.2 Å². The SMILES string of the molecule is O=C(O)/C=C/C(=O)O.c1cncc(N2CC[C@@H]3CNC[C@@H]32)c1. The fourth-order valence-corrected chi connectivity index (χ4v) is 2.84. The Morgan fingerprint density at radius 3 is 2.59 bits per heavy atom. The lowest BCUT2D eigenvalue weighted by atomic mass is 10.1. The van der Waals surface area contributed by atoms with E-state index in [2.05, 4.69) is 21.3 Å². The summed E-state index contributed by atoms with van der Waals surface area (Å²) in [4.78, 5) is 25.8. The van der Waals surface area contributed by atoms with Crippen LogP contribution in [0.4, 0.5) is 5.69 Å². The first-order valence-corrected chi connectivity index (χ1v) is 7.09. The van der Waals surface area contributed by atoms with Gasteiger partial charge in [-0.3, -0.25) is 4.98 Å². The summed E-state index contributed by atoms with van der Waals surface area (Å²) >= 11 is 0. The fraction of sp³-hybridized carbons (Fsp3) is 0.400. The molecule has 7 nitrogen and oxygen atoms in total. The molecule has 3 rings (SSSR count). The maximum absolute atomic E-state index is 9.55. The van der Waals surface area contributed by atoms with Gasteiger partial charge >= 0.3 is 11.9 Å². The zero-order valence-corrected chi connectivity index (χ0v) is 12.1. The monoisotopic (exact) mass is 305 g/mol.